The number of aromatic nitrogens is 3. The van der Waals surface area contributed by atoms with Gasteiger partial charge in [-0.3, -0.25) is 10.1 Å². The van der Waals surface area contributed by atoms with Crippen LogP contribution in [0.1, 0.15) is 16.1 Å². The van der Waals surface area contributed by atoms with Gasteiger partial charge in [-0.25, -0.2) is 15.0 Å². The summed E-state index contributed by atoms with van der Waals surface area (Å²) in [6.07, 6.45) is 0. The first-order valence-corrected chi connectivity index (χ1v) is 6.23. The van der Waals surface area contributed by atoms with Gasteiger partial charge in [0.15, 0.2) is 0 Å². The highest BCUT2D eigenvalue weighted by Crippen LogP contribution is 2.18. The van der Waals surface area contributed by atoms with E-state index >= 15 is 0 Å². The van der Waals surface area contributed by atoms with Crippen molar-refractivity contribution in [1.82, 2.24) is 15.0 Å². The maximum absolute atomic E-state index is 12.0. The van der Waals surface area contributed by atoms with Crippen molar-refractivity contribution < 1.29 is 4.79 Å². The lowest BCUT2D eigenvalue weighted by Crippen LogP contribution is -2.15. The molecule has 0 atom stereocenters. The lowest BCUT2D eigenvalue weighted by atomic mass is 10.3. The number of nitrogens with one attached hydrogen (secondary N) is 1. The van der Waals surface area contributed by atoms with Crippen molar-refractivity contribution >= 4 is 46.7 Å². The standard InChI is InChI=1S/C11H7Cl3N4O/c1-5-4-8(13)17-11(15-5)18-10(19)6-2-3-7(12)16-9(6)14/h2-4H,1H3,(H,15,17,18,19). The summed E-state index contributed by atoms with van der Waals surface area (Å²) in [7, 11) is 0. The number of nitrogens with zero attached hydrogens (tertiary/aromatic N) is 3. The molecule has 0 fully saturated rings. The summed E-state index contributed by atoms with van der Waals surface area (Å²) >= 11 is 17.3. The zero-order chi connectivity index (χ0) is 14.0. The molecule has 0 spiro atoms. The van der Waals surface area contributed by atoms with Gasteiger partial charge in [0.1, 0.15) is 15.5 Å². The van der Waals surface area contributed by atoms with Gasteiger partial charge in [0.05, 0.1) is 5.56 Å². The third-order valence-corrected chi connectivity index (χ3v) is 2.80. The highest BCUT2D eigenvalue weighted by Gasteiger charge is 2.13. The fourth-order valence-corrected chi connectivity index (χ4v) is 2.01. The molecule has 0 radical (unpaired) electrons. The Kier molecular flexibility index (Phi) is 4.19. The molecule has 0 aromatic carbocycles. The molecule has 2 aromatic heterocycles. The molecule has 0 aliphatic rings. The van der Waals surface area contributed by atoms with E-state index in [9.17, 15) is 4.79 Å². The lowest BCUT2D eigenvalue weighted by Gasteiger charge is -2.06. The third kappa shape index (κ3) is 3.53. The second-order valence-corrected chi connectivity index (χ2v) is 4.71. The average molecular weight is 318 g/mol. The molecule has 1 amide bonds. The van der Waals surface area contributed by atoms with Gasteiger partial charge in [0, 0.05) is 5.69 Å². The van der Waals surface area contributed by atoms with Gasteiger partial charge in [-0.1, -0.05) is 34.8 Å². The molecule has 0 saturated heterocycles. The van der Waals surface area contributed by atoms with E-state index in [1.54, 1.807) is 13.0 Å². The van der Waals surface area contributed by atoms with Gasteiger partial charge in [0.25, 0.3) is 5.91 Å². The van der Waals surface area contributed by atoms with Crippen molar-refractivity contribution in [1.29, 1.82) is 0 Å². The summed E-state index contributed by atoms with van der Waals surface area (Å²) in [4.78, 5) is 23.7. The maximum atomic E-state index is 12.0. The molecule has 0 aliphatic heterocycles. The number of rotatable bonds is 2. The Balaban J connectivity index is 2.25. The number of hydrogen-bond acceptors (Lipinski definition) is 4. The number of halogens is 3. The number of anilines is 1. The number of carbonyl (C=O) groups excluding carboxylic acids is 1. The second-order valence-electron chi connectivity index (χ2n) is 3.58. The Morgan fingerprint density at radius 2 is 1.84 bits per heavy atom. The Labute approximate surface area is 123 Å². The molecule has 0 saturated carbocycles. The molecule has 2 heterocycles. The van der Waals surface area contributed by atoms with Crippen molar-refractivity contribution in [3.05, 3.63) is 44.9 Å². The second kappa shape index (κ2) is 5.69. The maximum Gasteiger partial charge on any atom is 0.261 e. The Hall–Kier alpha value is -1.43. The van der Waals surface area contributed by atoms with Crippen LogP contribution in [0, 0.1) is 6.92 Å². The number of carbonyl (C=O) groups is 1. The number of pyridine rings is 1. The summed E-state index contributed by atoms with van der Waals surface area (Å²) in [5.41, 5.74) is 0.808. The molecule has 98 valence electrons. The molecule has 2 rings (SSSR count). The highest BCUT2D eigenvalue weighted by atomic mass is 35.5. The molecular formula is C11H7Cl3N4O. The lowest BCUT2D eigenvalue weighted by molar-refractivity contribution is 0.102. The number of aryl methyl sites for hydroxylation is 1. The first kappa shape index (κ1) is 14.0. The van der Waals surface area contributed by atoms with Crippen LogP contribution in [0.3, 0.4) is 0 Å². The summed E-state index contributed by atoms with van der Waals surface area (Å²) in [6.45, 7) is 1.74. The largest absolute Gasteiger partial charge is 0.290 e. The fraction of sp³-hybridized carbons (Fsp3) is 0.0909. The summed E-state index contributed by atoms with van der Waals surface area (Å²) in [5.74, 6) is -0.392. The predicted molar refractivity (Wildman–Crippen MR) is 74.0 cm³/mol. The average Bonchev–Trinajstić information content (AvgIpc) is 2.26. The first-order chi connectivity index (χ1) is 8.95. The van der Waals surface area contributed by atoms with E-state index in [1.165, 1.54) is 12.1 Å². The van der Waals surface area contributed by atoms with Gasteiger partial charge in [-0.05, 0) is 25.1 Å². The monoisotopic (exact) mass is 316 g/mol. The number of hydrogen-bond donors (Lipinski definition) is 1. The minimum Gasteiger partial charge on any atom is -0.290 e. The highest BCUT2D eigenvalue weighted by molar-refractivity contribution is 6.35. The zero-order valence-electron chi connectivity index (χ0n) is 9.62. The van der Waals surface area contributed by atoms with Gasteiger partial charge >= 0.3 is 0 Å². The van der Waals surface area contributed by atoms with E-state index < -0.39 is 5.91 Å². The van der Waals surface area contributed by atoms with Gasteiger partial charge in [-0.15, -0.1) is 0 Å². The fourth-order valence-electron chi connectivity index (χ4n) is 1.34. The van der Waals surface area contributed by atoms with Crippen LogP contribution in [0.5, 0.6) is 0 Å². The molecule has 0 aliphatic carbocycles. The quantitative estimate of drug-likeness (QED) is 0.681. The summed E-state index contributed by atoms with van der Waals surface area (Å²) < 4.78 is 0. The topological polar surface area (TPSA) is 67.8 Å². The van der Waals surface area contributed by atoms with E-state index in [0.717, 1.165) is 0 Å². The van der Waals surface area contributed by atoms with Crippen LogP contribution in [0.15, 0.2) is 18.2 Å². The predicted octanol–water partition coefficient (Wildman–Crippen LogP) is 3.39. The molecular weight excluding hydrogens is 311 g/mol. The SMILES string of the molecule is Cc1cc(Cl)nc(NC(=O)c2ccc(Cl)nc2Cl)n1. The first-order valence-electron chi connectivity index (χ1n) is 5.10. The minimum atomic E-state index is -0.490. The zero-order valence-corrected chi connectivity index (χ0v) is 11.9. The molecule has 1 N–H and O–H groups in total. The van der Waals surface area contributed by atoms with E-state index in [2.05, 4.69) is 20.3 Å². The van der Waals surface area contributed by atoms with Crippen molar-refractivity contribution in [3.8, 4) is 0 Å². The normalized spacial score (nSPS) is 10.3. The van der Waals surface area contributed by atoms with E-state index in [1.807, 2.05) is 0 Å². The summed E-state index contributed by atoms with van der Waals surface area (Å²) in [5, 5.41) is 2.93. The Morgan fingerprint density at radius 1 is 1.11 bits per heavy atom. The van der Waals surface area contributed by atoms with Crippen LogP contribution in [-0.2, 0) is 0 Å². The van der Waals surface area contributed by atoms with Crippen LogP contribution in [0.25, 0.3) is 0 Å². The molecule has 8 heteroatoms. The Morgan fingerprint density at radius 3 is 2.47 bits per heavy atom. The van der Waals surface area contributed by atoms with Crippen LogP contribution in [0.4, 0.5) is 5.95 Å². The van der Waals surface area contributed by atoms with Crippen molar-refractivity contribution in [3.63, 3.8) is 0 Å². The van der Waals surface area contributed by atoms with Crippen LogP contribution >= 0.6 is 34.8 Å². The van der Waals surface area contributed by atoms with Crippen molar-refractivity contribution in [2.45, 2.75) is 6.92 Å². The van der Waals surface area contributed by atoms with Gasteiger partial charge in [0.2, 0.25) is 5.95 Å². The summed E-state index contributed by atoms with van der Waals surface area (Å²) in [6, 6.07) is 4.50. The van der Waals surface area contributed by atoms with Gasteiger partial charge in [-0.2, -0.15) is 0 Å². The molecule has 19 heavy (non-hydrogen) atoms. The number of amides is 1. The van der Waals surface area contributed by atoms with Crippen molar-refractivity contribution in [2.24, 2.45) is 0 Å². The van der Waals surface area contributed by atoms with Gasteiger partial charge < -0.3 is 0 Å². The molecule has 5 nitrogen and oxygen atoms in total. The third-order valence-electron chi connectivity index (χ3n) is 2.11. The molecule has 2 aromatic rings. The van der Waals surface area contributed by atoms with E-state index in [0.29, 0.717) is 5.69 Å². The van der Waals surface area contributed by atoms with Crippen LogP contribution in [-0.4, -0.2) is 20.9 Å². The minimum absolute atomic E-state index is 0.00347. The van der Waals surface area contributed by atoms with E-state index in [-0.39, 0.29) is 27.0 Å². The Bertz CT molecular complexity index is 628. The molecule has 0 unspecified atom stereocenters. The van der Waals surface area contributed by atoms with Crippen molar-refractivity contribution in [2.75, 3.05) is 5.32 Å². The van der Waals surface area contributed by atoms with Crippen LogP contribution in [0.2, 0.25) is 15.5 Å². The molecule has 0 bridgehead atoms. The van der Waals surface area contributed by atoms with E-state index in [4.69, 9.17) is 34.8 Å². The smallest absolute Gasteiger partial charge is 0.261 e. The van der Waals surface area contributed by atoms with Crippen LogP contribution < -0.4 is 5.32 Å².